The van der Waals surface area contributed by atoms with Gasteiger partial charge < -0.3 is 0 Å². The average Bonchev–Trinajstić information content (AvgIpc) is 2.98. The SMILES string of the molecule is FC(F)(F)c1cccc(CC2(CBr)CC2)c1. The molecule has 0 aromatic heterocycles. The summed E-state index contributed by atoms with van der Waals surface area (Å²) < 4.78 is 37.5. The van der Waals surface area contributed by atoms with E-state index >= 15 is 0 Å². The first-order chi connectivity index (χ1) is 7.45. The maximum Gasteiger partial charge on any atom is 0.416 e. The van der Waals surface area contributed by atoms with Gasteiger partial charge in [-0.05, 0) is 36.3 Å². The molecule has 4 heteroatoms. The van der Waals surface area contributed by atoms with Gasteiger partial charge in [-0.1, -0.05) is 34.1 Å². The van der Waals surface area contributed by atoms with Gasteiger partial charge in [-0.3, -0.25) is 0 Å². The van der Waals surface area contributed by atoms with Crippen LogP contribution in [0, 0.1) is 5.41 Å². The van der Waals surface area contributed by atoms with E-state index in [1.807, 2.05) is 0 Å². The first-order valence-electron chi connectivity index (χ1n) is 5.17. The van der Waals surface area contributed by atoms with Crippen molar-refractivity contribution >= 4 is 15.9 Å². The Kier molecular flexibility index (Phi) is 3.03. The summed E-state index contributed by atoms with van der Waals surface area (Å²) in [5, 5.41) is 0.871. The van der Waals surface area contributed by atoms with Gasteiger partial charge in [-0.25, -0.2) is 0 Å². The summed E-state index contributed by atoms with van der Waals surface area (Å²) in [5.74, 6) is 0. The minimum Gasteiger partial charge on any atom is -0.166 e. The zero-order valence-corrected chi connectivity index (χ0v) is 10.2. The van der Waals surface area contributed by atoms with Gasteiger partial charge in [-0.15, -0.1) is 0 Å². The van der Waals surface area contributed by atoms with Crippen molar-refractivity contribution in [1.29, 1.82) is 0 Å². The number of alkyl halides is 4. The molecule has 0 bridgehead atoms. The lowest BCUT2D eigenvalue weighted by Crippen LogP contribution is -2.09. The molecule has 1 aliphatic rings. The molecule has 1 aliphatic carbocycles. The molecular formula is C12H12BrF3. The third-order valence-electron chi connectivity index (χ3n) is 3.07. The van der Waals surface area contributed by atoms with Crippen LogP contribution >= 0.6 is 15.9 Å². The van der Waals surface area contributed by atoms with Crippen LogP contribution in [-0.2, 0) is 12.6 Å². The number of rotatable bonds is 3. The zero-order chi connectivity index (χ0) is 11.8. The van der Waals surface area contributed by atoms with Gasteiger partial charge in [0.15, 0.2) is 0 Å². The van der Waals surface area contributed by atoms with Gasteiger partial charge in [0.25, 0.3) is 0 Å². The van der Waals surface area contributed by atoms with Crippen molar-refractivity contribution in [2.24, 2.45) is 5.41 Å². The highest BCUT2D eigenvalue weighted by molar-refractivity contribution is 9.09. The number of hydrogen-bond donors (Lipinski definition) is 0. The molecule has 0 heterocycles. The van der Waals surface area contributed by atoms with Crippen LogP contribution in [0.3, 0.4) is 0 Å². The van der Waals surface area contributed by atoms with Crippen LogP contribution in [0.25, 0.3) is 0 Å². The van der Waals surface area contributed by atoms with E-state index in [1.54, 1.807) is 6.07 Å². The van der Waals surface area contributed by atoms with Crippen molar-refractivity contribution in [3.63, 3.8) is 0 Å². The van der Waals surface area contributed by atoms with Crippen LogP contribution in [0.15, 0.2) is 24.3 Å². The van der Waals surface area contributed by atoms with Gasteiger partial charge in [0.2, 0.25) is 0 Å². The third-order valence-corrected chi connectivity index (χ3v) is 4.26. The Morgan fingerprint density at radius 3 is 2.44 bits per heavy atom. The van der Waals surface area contributed by atoms with E-state index in [0.717, 1.165) is 36.2 Å². The van der Waals surface area contributed by atoms with Gasteiger partial charge in [0.1, 0.15) is 0 Å². The van der Waals surface area contributed by atoms with Crippen molar-refractivity contribution in [2.45, 2.75) is 25.4 Å². The van der Waals surface area contributed by atoms with Gasteiger partial charge in [-0.2, -0.15) is 13.2 Å². The minimum atomic E-state index is -4.23. The maximum absolute atomic E-state index is 12.5. The van der Waals surface area contributed by atoms with Crippen LogP contribution < -0.4 is 0 Å². The molecule has 0 aliphatic heterocycles. The van der Waals surface area contributed by atoms with Crippen LogP contribution in [0.2, 0.25) is 0 Å². The van der Waals surface area contributed by atoms with Crippen LogP contribution in [0.4, 0.5) is 13.2 Å². The standard InChI is InChI=1S/C12H12BrF3/c13-8-11(4-5-11)7-9-2-1-3-10(6-9)12(14,15)16/h1-3,6H,4-5,7-8H2. The molecule has 1 saturated carbocycles. The lowest BCUT2D eigenvalue weighted by Gasteiger charge is -2.13. The Bertz CT molecular complexity index is 380. The second-order valence-electron chi connectivity index (χ2n) is 4.51. The predicted molar refractivity (Wildman–Crippen MR) is 60.6 cm³/mol. The Morgan fingerprint density at radius 1 is 1.25 bits per heavy atom. The van der Waals surface area contributed by atoms with Crippen molar-refractivity contribution < 1.29 is 13.2 Å². The molecule has 0 amide bonds. The lowest BCUT2D eigenvalue weighted by molar-refractivity contribution is -0.137. The fourth-order valence-electron chi connectivity index (χ4n) is 1.83. The lowest BCUT2D eigenvalue weighted by atomic mass is 9.97. The molecular weight excluding hydrogens is 281 g/mol. The highest BCUT2D eigenvalue weighted by Crippen LogP contribution is 2.49. The fourth-order valence-corrected chi connectivity index (χ4v) is 2.58. The molecule has 16 heavy (non-hydrogen) atoms. The largest absolute Gasteiger partial charge is 0.416 e. The third kappa shape index (κ3) is 2.59. The summed E-state index contributed by atoms with van der Waals surface area (Å²) in [5.41, 5.74) is 0.451. The van der Waals surface area contributed by atoms with Gasteiger partial charge >= 0.3 is 6.18 Å². The predicted octanol–water partition coefficient (Wildman–Crippen LogP) is 4.42. The van der Waals surface area contributed by atoms with Crippen molar-refractivity contribution in [3.05, 3.63) is 35.4 Å². The summed E-state index contributed by atoms with van der Waals surface area (Å²) in [6.07, 6.45) is -1.29. The molecule has 0 nitrogen and oxygen atoms in total. The Morgan fingerprint density at radius 2 is 1.94 bits per heavy atom. The molecule has 0 saturated heterocycles. The molecule has 0 spiro atoms. The molecule has 1 aromatic carbocycles. The molecule has 0 radical (unpaired) electrons. The quantitative estimate of drug-likeness (QED) is 0.724. The number of hydrogen-bond acceptors (Lipinski definition) is 0. The van der Waals surface area contributed by atoms with E-state index in [4.69, 9.17) is 0 Å². The second-order valence-corrected chi connectivity index (χ2v) is 5.07. The van der Waals surface area contributed by atoms with Crippen molar-refractivity contribution in [1.82, 2.24) is 0 Å². The zero-order valence-electron chi connectivity index (χ0n) is 8.65. The molecule has 0 unspecified atom stereocenters. The first-order valence-corrected chi connectivity index (χ1v) is 6.29. The number of halogens is 4. The highest BCUT2D eigenvalue weighted by atomic mass is 79.9. The number of benzene rings is 1. The first kappa shape index (κ1) is 12.0. The molecule has 0 N–H and O–H groups in total. The Labute approximate surface area is 101 Å². The van der Waals surface area contributed by atoms with Crippen LogP contribution in [-0.4, -0.2) is 5.33 Å². The molecule has 1 fully saturated rings. The second kappa shape index (κ2) is 4.06. The normalized spacial score (nSPS) is 18.5. The minimum absolute atomic E-state index is 0.213. The molecule has 88 valence electrons. The fraction of sp³-hybridized carbons (Fsp3) is 0.500. The van der Waals surface area contributed by atoms with E-state index in [9.17, 15) is 13.2 Å². The van der Waals surface area contributed by atoms with E-state index < -0.39 is 11.7 Å². The Hall–Kier alpha value is -0.510. The maximum atomic E-state index is 12.5. The average molecular weight is 293 g/mol. The van der Waals surface area contributed by atoms with E-state index in [-0.39, 0.29) is 5.41 Å². The van der Waals surface area contributed by atoms with Crippen LogP contribution in [0.5, 0.6) is 0 Å². The van der Waals surface area contributed by atoms with E-state index in [0.29, 0.717) is 0 Å². The molecule has 0 atom stereocenters. The van der Waals surface area contributed by atoms with Crippen LogP contribution in [0.1, 0.15) is 24.0 Å². The summed E-state index contributed by atoms with van der Waals surface area (Å²) >= 11 is 3.43. The summed E-state index contributed by atoms with van der Waals surface area (Å²) in [6, 6.07) is 5.65. The van der Waals surface area contributed by atoms with E-state index in [2.05, 4.69) is 15.9 Å². The summed E-state index contributed by atoms with van der Waals surface area (Å²) in [6.45, 7) is 0. The topological polar surface area (TPSA) is 0 Å². The Balaban J connectivity index is 2.17. The summed E-state index contributed by atoms with van der Waals surface area (Å²) in [7, 11) is 0. The highest BCUT2D eigenvalue weighted by Gasteiger charge is 2.41. The van der Waals surface area contributed by atoms with E-state index in [1.165, 1.54) is 12.1 Å². The van der Waals surface area contributed by atoms with Crippen molar-refractivity contribution in [3.8, 4) is 0 Å². The van der Waals surface area contributed by atoms with Gasteiger partial charge in [0.05, 0.1) is 5.56 Å². The summed E-state index contributed by atoms with van der Waals surface area (Å²) in [4.78, 5) is 0. The molecule has 1 aromatic rings. The van der Waals surface area contributed by atoms with Gasteiger partial charge in [0, 0.05) is 5.33 Å². The van der Waals surface area contributed by atoms with Crippen molar-refractivity contribution in [2.75, 3.05) is 5.33 Å². The smallest absolute Gasteiger partial charge is 0.166 e. The molecule has 2 rings (SSSR count). The monoisotopic (exact) mass is 292 g/mol.